The molecule has 226 valence electrons. The van der Waals surface area contributed by atoms with Gasteiger partial charge in [0.1, 0.15) is 11.4 Å². The van der Waals surface area contributed by atoms with Gasteiger partial charge in [-0.2, -0.15) is 0 Å². The Kier molecular flexibility index (Phi) is 7.95. The van der Waals surface area contributed by atoms with Crippen LogP contribution in [0.5, 0.6) is 0 Å². The fourth-order valence-corrected chi connectivity index (χ4v) is 5.48. The third-order valence-electron chi connectivity index (χ3n) is 8.12. The van der Waals surface area contributed by atoms with Crippen molar-refractivity contribution in [3.05, 3.63) is 96.0 Å². The van der Waals surface area contributed by atoms with Crippen LogP contribution >= 0.6 is 0 Å². The summed E-state index contributed by atoms with van der Waals surface area (Å²) in [7, 11) is 1.75. The molecule has 0 saturated carbocycles. The summed E-state index contributed by atoms with van der Waals surface area (Å²) in [5.41, 5.74) is 6.49. The molecular formula is C35H38N6O3. The van der Waals surface area contributed by atoms with Gasteiger partial charge >= 0.3 is 6.03 Å². The van der Waals surface area contributed by atoms with Crippen LogP contribution in [0.1, 0.15) is 61.7 Å². The van der Waals surface area contributed by atoms with E-state index >= 15 is 0 Å². The largest absolute Gasteiger partial charge is 0.359 e. The maximum absolute atomic E-state index is 12.8. The molecule has 1 aliphatic rings. The normalized spacial score (nSPS) is 13.7. The molecule has 6 rings (SSSR count). The quantitative estimate of drug-likeness (QED) is 0.225. The zero-order valence-corrected chi connectivity index (χ0v) is 25.7. The molecule has 0 bridgehead atoms. The van der Waals surface area contributed by atoms with Crippen LogP contribution in [0.4, 0.5) is 10.6 Å². The lowest BCUT2D eigenvalue weighted by Gasteiger charge is -2.26. The van der Waals surface area contributed by atoms with E-state index in [1.807, 2.05) is 86.6 Å². The second kappa shape index (κ2) is 12.0. The van der Waals surface area contributed by atoms with E-state index in [2.05, 4.69) is 32.0 Å². The van der Waals surface area contributed by atoms with Gasteiger partial charge in [-0.3, -0.25) is 14.5 Å². The average molecular weight is 591 g/mol. The number of carbonyl (C=O) groups is 2. The topological polar surface area (TPSA) is 96.0 Å². The first-order chi connectivity index (χ1) is 21.2. The molecule has 0 radical (unpaired) electrons. The van der Waals surface area contributed by atoms with Crippen molar-refractivity contribution in [3.8, 4) is 22.4 Å². The number of piperidine rings is 1. The van der Waals surface area contributed by atoms with Gasteiger partial charge in [-0.1, -0.05) is 62.3 Å². The summed E-state index contributed by atoms with van der Waals surface area (Å²) in [5.74, 6) is 1.23. The lowest BCUT2D eigenvalue weighted by Crippen LogP contribution is -2.35. The van der Waals surface area contributed by atoms with Crippen molar-refractivity contribution < 1.29 is 14.1 Å². The summed E-state index contributed by atoms with van der Waals surface area (Å²) in [4.78, 5) is 33.8. The lowest BCUT2D eigenvalue weighted by molar-refractivity contribution is 0.0724. The summed E-state index contributed by atoms with van der Waals surface area (Å²) in [5, 5.41) is 6.77. The highest BCUT2D eigenvalue weighted by molar-refractivity contribution is 5.95. The van der Waals surface area contributed by atoms with Crippen LogP contribution in [-0.2, 0) is 12.0 Å². The van der Waals surface area contributed by atoms with Crippen molar-refractivity contribution in [2.75, 3.05) is 25.5 Å². The molecule has 1 N–H and O–H groups in total. The molecule has 2 aromatic carbocycles. The van der Waals surface area contributed by atoms with Gasteiger partial charge in [0, 0.05) is 55.5 Å². The molecular weight excluding hydrogens is 552 g/mol. The van der Waals surface area contributed by atoms with Gasteiger partial charge in [0.05, 0.1) is 11.9 Å². The van der Waals surface area contributed by atoms with Gasteiger partial charge in [0.15, 0.2) is 5.82 Å². The van der Waals surface area contributed by atoms with Crippen LogP contribution in [0, 0.1) is 0 Å². The Hall–Kier alpha value is -4.92. The van der Waals surface area contributed by atoms with E-state index in [9.17, 15) is 9.59 Å². The van der Waals surface area contributed by atoms with Gasteiger partial charge in [0.2, 0.25) is 0 Å². The molecule has 1 saturated heterocycles. The summed E-state index contributed by atoms with van der Waals surface area (Å²) in [6, 6.07) is 21.6. The highest BCUT2D eigenvalue weighted by Crippen LogP contribution is 2.27. The van der Waals surface area contributed by atoms with Crippen LogP contribution in [0.25, 0.3) is 28.0 Å². The number of anilines is 1. The molecule has 4 heterocycles. The van der Waals surface area contributed by atoms with Gasteiger partial charge < -0.3 is 14.3 Å². The van der Waals surface area contributed by atoms with E-state index in [0.717, 1.165) is 65.1 Å². The summed E-state index contributed by atoms with van der Waals surface area (Å²) in [6.45, 7) is 8.22. The van der Waals surface area contributed by atoms with Gasteiger partial charge in [0.25, 0.3) is 5.91 Å². The Bertz CT molecular complexity index is 1770. The fraction of sp³-hybridized carbons (Fsp3) is 0.314. The number of amides is 3. The zero-order valence-electron chi connectivity index (χ0n) is 25.7. The molecule has 0 aliphatic carbocycles. The number of urea groups is 1. The smallest absolute Gasteiger partial charge is 0.323 e. The van der Waals surface area contributed by atoms with Crippen molar-refractivity contribution in [1.82, 2.24) is 24.3 Å². The number of likely N-dealkylation sites (tertiary alicyclic amines) is 1. The Morgan fingerprint density at radius 3 is 2.30 bits per heavy atom. The Morgan fingerprint density at radius 2 is 1.61 bits per heavy atom. The first-order valence-electron chi connectivity index (χ1n) is 15.1. The SMILES string of the molecule is CN(Cc1ccc(-c2cnc3cc(-c4ccc(C(=O)N5CCCCC5)cc4)ccn23)cc1)C(=O)Nc1cc(C(C)(C)C)on1. The predicted octanol–water partition coefficient (Wildman–Crippen LogP) is 7.24. The van der Waals surface area contributed by atoms with Gasteiger partial charge in [-0.05, 0) is 60.2 Å². The summed E-state index contributed by atoms with van der Waals surface area (Å²) < 4.78 is 7.43. The maximum Gasteiger partial charge on any atom is 0.323 e. The van der Waals surface area contributed by atoms with E-state index in [0.29, 0.717) is 18.1 Å². The second-order valence-corrected chi connectivity index (χ2v) is 12.5. The summed E-state index contributed by atoms with van der Waals surface area (Å²) >= 11 is 0. The number of pyridine rings is 1. The molecule has 1 aliphatic heterocycles. The zero-order chi connectivity index (χ0) is 30.8. The molecule has 9 heteroatoms. The third-order valence-corrected chi connectivity index (χ3v) is 8.12. The molecule has 44 heavy (non-hydrogen) atoms. The first kappa shape index (κ1) is 29.2. The van der Waals surface area contributed by atoms with Crippen LogP contribution < -0.4 is 5.32 Å². The van der Waals surface area contributed by atoms with Crippen molar-refractivity contribution in [2.24, 2.45) is 0 Å². The number of aromatic nitrogens is 3. The molecule has 5 aromatic rings. The number of imidazole rings is 1. The van der Waals surface area contributed by atoms with Crippen molar-refractivity contribution in [2.45, 2.75) is 52.0 Å². The number of fused-ring (bicyclic) bond motifs is 1. The van der Waals surface area contributed by atoms with E-state index in [4.69, 9.17) is 4.52 Å². The average Bonchev–Trinajstić information content (AvgIpc) is 3.69. The Morgan fingerprint density at radius 1 is 0.909 bits per heavy atom. The highest BCUT2D eigenvalue weighted by Gasteiger charge is 2.21. The fourth-order valence-electron chi connectivity index (χ4n) is 5.48. The van der Waals surface area contributed by atoms with E-state index in [1.165, 1.54) is 6.42 Å². The second-order valence-electron chi connectivity index (χ2n) is 12.5. The highest BCUT2D eigenvalue weighted by atomic mass is 16.5. The Balaban J connectivity index is 1.10. The third kappa shape index (κ3) is 6.22. The minimum absolute atomic E-state index is 0.117. The van der Waals surface area contributed by atoms with Crippen molar-refractivity contribution in [1.29, 1.82) is 0 Å². The molecule has 0 spiro atoms. The van der Waals surface area contributed by atoms with Crippen LogP contribution in [0.15, 0.2) is 83.6 Å². The van der Waals surface area contributed by atoms with E-state index in [1.54, 1.807) is 18.0 Å². The Labute approximate surface area is 257 Å². The monoisotopic (exact) mass is 590 g/mol. The van der Waals surface area contributed by atoms with Crippen LogP contribution in [0.3, 0.4) is 0 Å². The van der Waals surface area contributed by atoms with Crippen molar-refractivity contribution in [3.63, 3.8) is 0 Å². The maximum atomic E-state index is 12.8. The van der Waals surface area contributed by atoms with E-state index in [-0.39, 0.29) is 17.4 Å². The first-order valence-corrected chi connectivity index (χ1v) is 15.1. The predicted molar refractivity (Wildman–Crippen MR) is 172 cm³/mol. The van der Waals surface area contributed by atoms with Crippen molar-refractivity contribution >= 4 is 23.4 Å². The number of rotatable bonds is 6. The summed E-state index contributed by atoms with van der Waals surface area (Å²) in [6.07, 6.45) is 7.27. The number of hydrogen-bond donors (Lipinski definition) is 1. The number of nitrogens with zero attached hydrogens (tertiary/aromatic N) is 5. The molecule has 9 nitrogen and oxygen atoms in total. The number of carbonyl (C=O) groups excluding carboxylic acids is 2. The molecule has 1 fully saturated rings. The molecule has 0 atom stereocenters. The minimum atomic E-state index is -0.260. The standard InChI is InChI=1S/C35H38N6O3/c1-35(2,3)30-21-31(38-44-30)37-34(43)39(4)23-24-8-10-26(11-9-24)29-22-36-32-20-28(16-19-41(29)32)25-12-14-27(15-13-25)33(42)40-17-6-5-7-18-40/h8-16,19-22H,5-7,17-18,23H2,1-4H3,(H,37,38,43). The lowest BCUT2D eigenvalue weighted by atomic mass is 9.93. The number of hydrogen-bond acceptors (Lipinski definition) is 5. The van der Waals surface area contributed by atoms with Gasteiger partial charge in [-0.25, -0.2) is 9.78 Å². The number of benzene rings is 2. The minimum Gasteiger partial charge on any atom is -0.359 e. The number of nitrogens with one attached hydrogen (secondary N) is 1. The molecule has 3 amide bonds. The van der Waals surface area contributed by atoms with E-state index < -0.39 is 0 Å². The van der Waals surface area contributed by atoms with Gasteiger partial charge in [-0.15, -0.1) is 0 Å². The molecule has 0 unspecified atom stereocenters. The van der Waals surface area contributed by atoms with Crippen LogP contribution in [0.2, 0.25) is 0 Å². The van der Waals surface area contributed by atoms with Crippen LogP contribution in [-0.4, -0.2) is 56.4 Å². The molecule has 3 aromatic heterocycles.